The van der Waals surface area contributed by atoms with E-state index in [1.807, 2.05) is 46.4 Å². The summed E-state index contributed by atoms with van der Waals surface area (Å²) in [7, 11) is 0. The van der Waals surface area contributed by atoms with Crippen molar-refractivity contribution in [2.75, 3.05) is 0 Å². The molecule has 0 bridgehead atoms. The van der Waals surface area contributed by atoms with Crippen LogP contribution in [0.3, 0.4) is 0 Å². The van der Waals surface area contributed by atoms with Gasteiger partial charge in [0.25, 0.3) is 0 Å². The first-order chi connectivity index (χ1) is 10.3. The second kappa shape index (κ2) is 4.75. The highest BCUT2D eigenvalue weighted by molar-refractivity contribution is 7.15. The van der Waals surface area contributed by atoms with Crippen LogP contribution >= 0.6 is 11.3 Å². The van der Waals surface area contributed by atoms with Crippen molar-refractivity contribution in [2.45, 2.75) is 6.42 Å². The molecule has 0 saturated heterocycles. The van der Waals surface area contributed by atoms with Crippen molar-refractivity contribution in [3.05, 3.63) is 59.6 Å². The van der Waals surface area contributed by atoms with Crippen LogP contribution in [-0.4, -0.2) is 25.1 Å². The van der Waals surface area contributed by atoms with Gasteiger partial charge in [-0.1, -0.05) is 12.1 Å². The average Bonchev–Trinajstić information content (AvgIpc) is 3.08. The van der Waals surface area contributed by atoms with E-state index in [9.17, 15) is 4.79 Å². The number of aromatic nitrogens is 4. The second-order valence-corrected chi connectivity index (χ2v) is 5.54. The lowest BCUT2D eigenvalue weighted by Crippen LogP contribution is -2.07. The van der Waals surface area contributed by atoms with Crippen LogP contribution in [0.15, 0.2) is 48.2 Å². The number of hydrogen-bond donors (Lipinski definition) is 0. The van der Waals surface area contributed by atoms with Gasteiger partial charge in [0.2, 0.25) is 0 Å². The van der Waals surface area contributed by atoms with Gasteiger partial charge >= 0.3 is 0 Å². The largest absolute Gasteiger partial charge is 0.297 e. The molecular weight excluding hydrogens is 284 g/mol. The average molecular weight is 294 g/mol. The van der Waals surface area contributed by atoms with Crippen LogP contribution < -0.4 is 0 Å². The van der Waals surface area contributed by atoms with E-state index in [0.717, 1.165) is 21.7 Å². The lowest BCUT2D eigenvalue weighted by atomic mass is 10.2. The molecule has 0 atom stereocenters. The van der Waals surface area contributed by atoms with Gasteiger partial charge in [-0.05, 0) is 12.1 Å². The molecule has 0 spiro atoms. The summed E-state index contributed by atoms with van der Waals surface area (Å²) in [6.07, 6.45) is 5.57. The molecule has 1 aromatic carbocycles. The lowest BCUT2D eigenvalue weighted by molar-refractivity contribution is 0.0987. The Kier molecular flexibility index (Phi) is 2.75. The van der Waals surface area contributed by atoms with E-state index in [2.05, 4.69) is 15.0 Å². The summed E-state index contributed by atoms with van der Waals surface area (Å²) in [5, 5.41) is 1.96. The molecule has 0 aliphatic heterocycles. The fourth-order valence-electron chi connectivity index (χ4n) is 2.21. The molecule has 3 aromatic heterocycles. The van der Waals surface area contributed by atoms with Crippen LogP contribution in [0.1, 0.15) is 16.2 Å². The maximum absolute atomic E-state index is 12.3. The van der Waals surface area contributed by atoms with Gasteiger partial charge in [-0.2, -0.15) is 0 Å². The van der Waals surface area contributed by atoms with Gasteiger partial charge in [0, 0.05) is 17.8 Å². The third-order valence-corrected chi connectivity index (χ3v) is 3.99. The molecule has 0 saturated carbocycles. The number of hydrogen-bond acceptors (Lipinski definition) is 5. The van der Waals surface area contributed by atoms with Gasteiger partial charge in [-0.15, -0.1) is 11.3 Å². The van der Waals surface area contributed by atoms with E-state index in [4.69, 9.17) is 0 Å². The van der Waals surface area contributed by atoms with Crippen LogP contribution in [-0.2, 0) is 6.42 Å². The molecule has 5 nitrogen and oxygen atoms in total. The molecule has 21 heavy (non-hydrogen) atoms. The van der Waals surface area contributed by atoms with Crippen LogP contribution in [0.5, 0.6) is 0 Å². The summed E-state index contributed by atoms with van der Waals surface area (Å²) in [5.74, 6) is -0.0704. The maximum atomic E-state index is 12.3. The van der Waals surface area contributed by atoms with E-state index >= 15 is 0 Å². The van der Waals surface area contributed by atoms with Crippen LogP contribution in [0.4, 0.5) is 0 Å². The minimum absolute atomic E-state index is 0.0704. The number of carbonyl (C=O) groups excluding carboxylic acids is 1. The van der Waals surface area contributed by atoms with Crippen LogP contribution in [0.2, 0.25) is 0 Å². The molecule has 0 aliphatic rings. The summed E-state index contributed by atoms with van der Waals surface area (Å²) in [4.78, 5) is 26.3. The Hall–Kier alpha value is -2.60. The van der Waals surface area contributed by atoms with Crippen molar-refractivity contribution in [2.24, 2.45) is 0 Å². The number of rotatable bonds is 3. The van der Waals surface area contributed by atoms with Crippen molar-refractivity contribution < 1.29 is 4.79 Å². The van der Waals surface area contributed by atoms with Gasteiger partial charge < -0.3 is 0 Å². The van der Waals surface area contributed by atoms with Crippen LogP contribution in [0.25, 0.3) is 16.0 Å². The van der Waals surface area contributed by atoms with Gasteiger partial charge in [-0.25, -0.2) is 9.97 Å². The molecule has 0 fully saturated rings. The molecule has 0 amide bonds. The first-order valence-electron chi connectivity index (χ1n) is 6.46. The highest BCUT2D eigenvalue weighted by atomic mass is 32.1. The molecule has 0 radical (unpaired) electrons. The summed E-state index contributed by atoms with van der Waals surface area (Å²) in [6, 6.07) is 7.51. The molecule has 0 aliphatic carbocycles. The number of fused-ring (bicyclic) bond motifs is 2. The van der Waals surface area contributed by atoms with E-state index in [1.165, 1.54) is 6.20 Å². The van der Waals surface area contributed by atoms with Crippen molar-refractivity contribution in [1.29, 1.82) is 0 Å². The number of carbonyl (C=O) groups is 1. The number of Topliss-reactive ketones (excluding diaryl/α,β-unsaturated/α-hetero) is 1. The zero-order valence-electron chi connectivity index (χ0n) is 10.9. The molecule has 6 heteroatoms. The van der Waals surface area contributed by atoms with Gasteiger partial charge in [0.05, 0.1) is 29.3 Å². The number of para-hydroxylation sites is 2. The number of thiazole rings is 1. The highest BCUT2D eigenvalue weighted by Crippen LogP contribution is 2.14. The molecule has 3 heterocycles. The zero-order chi connectivity index (χ0) is 14.2. The maximum Gasteiger partial charge on any atom is 0.193 e. The Labute approximate surface area is 123 Å². The lowest BCUT2D eigenvalue weighted by Gasteiger charge is -2.00. The summed E-state index contributed by atoms with van der Waals surface area (Å²) < 4.78 is 1.92. The van der Waals surface area contributed by atoms with Gasteiger partial charge in [0.15, 0.2) is 10.7 Å². The number of benzene rings is 1. The van der Waals surface area contributed by atoms with Gasteiger partial charge in [-0.3, -0.25) is 14.2 Å². The summed E-state index contributed by atoms with van der Waals surface area (Å²) in [6.45, 7) is 0. The molecule has 102 valence electrons. The van der Waals surface area contributed by atoms with Crippen LogP contribution in [0, 0.1) is 0 Å². The summed E-state index contributed by atoms with van der Waals surface area (Å²) in [5.41, 5.74) is 2.65. The molecular formula is C15H10N4OS. The van der Waals surface area contributed by atoms with E-state index in [-0.39, 0.29) is 12.2 Å². The fourth-order valence-corrected chi connectivity index (χ4v) is 2.93. The first kappa shape index (κ1) is 12.2. The topological polar surface area (TPSA) is 60.2 Å². The highest BCUT2D eigenvalue weighted by Gasteiger charge is 2.13. The SMILES string of the molecule is O=C(Cc1cn2ccsc2n1)c1cnc2ccccc2n1. The van der Waals surface area contributed by atoms with Crippen molar-refractivity contribution >= 4 is 33.1 Å². The minimum Gasteiger partial charge on any atom is -0.297 e. The Bertz CT molecular complexity index is 928. The Morgan fingerprint density at radius 3 is 2.90 bits per heavy atom. The minimum atomic E-state index is -0.0704. The Morgan fingerprint density at radius 2 is 2.05 bits per heavy atom. The number of imidazole rings is 1. The van der Waals surface area contributed by atoms with Crippen molar-refractivity contribution in [1.82, 2.24) is 19.4 Å². The Morgan fingerprint density at radius 1 is 1.19 bits per heavy atom. The predicted molar refractivity (Wildman–Crippen MR) is 80.6 cm³/mol. The van der Waals surface area contributed by atoms with E-state index < -0.39 is 0 Å². The van der Waals surface area contributed by atoms with Crippen molar-refractivity contribution in [3.63, 3.8) is 0 Å². The predicted octanol–water partition coefficient (Wildman–Crippen LogP) is 2.76. The fraction of sp³-hybridized carbons (Fsp3) is 0.0667. The van der Waals surface area contributed by atoms with Crippen molar-refractivity contribution in [3.8, 4) is 0 Å². The van der Waals surface area contributed by atoms with Gasteiger partial charge in [0.1, 0.15) is 5.69 Å². The van der Waals surface area contributed by atoms with E-state index in [1.54, 1.807) is 11.3 Å². The molecule has 0 N–H and O–H groups in total. The monoisotopic (exact) mass is 294 g/mol. The Balaban J connectivity index is 1.64. The third-order valence-electron chi connectivity index (χ3n) is 3.22. The smallest absolute Gasteiger partial charge is 0.193 e. The molecule has 4 rings (SSSR count). The zero-order valence-corrected chi connectivity index (χ0v) is 11.7. The third kappa shape index (κ3) is 2.19. The quantitative estimate of drug-likeness (QED) is 0.545. The first-order valence-corrected chi connectivity index (χ1v) is 7.33. The van der Waals surface area contributed by atoms with E-state index in [0.29, 0.717) is 5.69 Å². The summed E-state index contributed by atoms with van der Waals surface area (Å²) >= 11 is 1.55. The number of nitrogens with zero attached hydrogens (tertiary/aromatic N) is 4. The molecule has 4 aromatic rings. The standard InChI is InChI=1S/C15H10N4OS/c20-14(7-10-9-19-5-6-21-15(19)17-10)13-8-16-11-3-1-2-4-12(11)18-13/h1-6,8-9H,7H2. The second-order valence-electron chi connectivity index (χ2n) is 4.67. The molecule has 0 unspecified atom stereocenters. The number of ketones is 1. The normalized spacial score (nSPS) is 11.2.